The summed E-state index contributed by atoms with van der Waals surface area (Å²) in [6, 6.07) is 20.0. The van der Waals surface area contributed by atoms with E-state index in [0.29, 0.717) is 6.54 Å². The van der Waals surface area contributed by atoms with Gasteiger partial charge in [-0.3, -0.25) is 4.79 Å². The normalized spacial score (nSPS) is 10.8. The van der Waals surface area contributed by atoms with Gasteiger partial charge in [0.05, 0.1) is 6.10 Å². The van der Waals surface area contributed by atoms with Crippen molar-refractivity contribution in [2.24, 2.45) is 0 Å². The molecule has 3 aromatic rings. The SMILES string of the molecule is CC(=O)NCCc1ccc2cc(Oc3ccc(OC(C)C)cc3)ccc2c1. The maximum absolute atomic E-state index is 11.0. The Hall–Kier alpha value is -3.01. The van der Waals surface area contributed by atoms with Crippen LogP contribution in [0.3, 0.4) is 0 Å². The van der Waals surface area contributed by atoms with E-state index in [9.17, 15) is 4.79 Å². The lowest BCUT2D eigenvalue weighted by Crippen LogP contribution is -2.22. The molecular formula is C23H25NO3. The second-order valence-corrected chi connectivity index (χ2v) is 6.82. The molecule has 4 heteroatoms. The van der Waals surface area contributed by atoms with Crippen molar-refractivity contribution in [3.05, 3.63) is 66.2 Å². The summed E-state index contributed by atoms with van der Waals surface area (Å²) >= 11 is 0. The van der Waals surface area contributed by atoms with E-state index >= 15 is 0 Å². The largest absolute Gasteiger partial charge is 0.491 e. The summed E-state index contributed by atoms with van der Waals surface area (Å²) in [5, 5.41) is 5.10. The van der Waals surface area contributed by atoms with Crippen molar-refractivity contribution < 1.29 is 14.3 Å². The van der Waals surface area contributed by atoms with Gasteiger partial charge in [-0.2, -0.15) is 0 Å². The first kappa shape index (κ1) is 18.8. The second kappa shape index (κ2) is 8.58. The van der Waals surface area contributed by atoms with Gasteiger partial charge in [-0.05, 0) is 73.0 Å². The van der Waals surface area contributed by atoms with Crippen LogP contribution in [0.1, 0.15) is 26.3 Å². The molecular weight excluding hydrogens is 338 g/mol. The van der Waals surface area contributed by atoms with Gasteiger partial charge in [0.1, 0.15) is 17.2 Å². The van der Waals surface area contributed by atoms with Crippen LogP contribution in [-0.4, -0.2) is 18.6 Å². The Morgan fingerprint density at radius 1 is 0.889 bits per heavy atom. The monoisotopic (exact) mass is 363 g/mol. The molecule has 0 heterocycles. The van der Waals surface area contributed by atoms with Gasteiger partial charge in [0.2, 0.25) is 5.91 Å². The van der Waals surface area contributed by atoms with Gasteiger partial charge in [-0.15, -0.1) is 0 Å². The van der Waals surface area contributed by atoms with Gasteiger partial charge in [0.15, 0.2) is 0 Å². The van der Waals surface area contributed by atoms with Crippen molar-refractivity contribution in [2.45, 2.75) is 33.3 Å². The molecule has 0 aromatic heterocycles. The molecule has 0 aliphatic heterocycles. The van der Waals surface area contributed by atoms with E-state index in [1.807, 2.05) is 50.2 Å². The molecule has 0 fully saturated rings. The third-order valence-electron chi connectivity index (χ3n) is 4.09. The first-order valence-electron chi connectivity index (χ1n) is 9.21. The van der Waals surface area contributed by atoms with Crippen molar-refractivity contribution in [1.82, 2.24) is 5.32 Å². The van der Waals surface area contributed by atoms with Crippen LogP contribution < -0.4 is 14.8 Å². The molecule has 3 rings (SSSR count). The second-order valence-electron chi connectivity index (χ2n) is 6.82. The molecule has 0 saturated carbocycles. The van der Waals surface area contributed by atoms with Crippen LogP contribution in [0.15, 0.2) is 60.7 Å². The Kier molecular flexibility index (Phi) is 5.97. The van der Waals surface area contributed by atoms with Crippen molar-refractivity contribution in [3.63, 3.8) is 0 Å². The molecule has 4 nitrogen and oxygen atoms in total. The molecule has 140 valence electrons. The number of rotatable bonds is 7. The van der Waals surface area contributed by atoms with E-state index in [1.165, 1.54) is 12.5 Å². The van der Waals surface area contributed by atoms with Crippen LogP contribution in [0, 0.1) is 0 Å². The highest BCUT2D eigenvalue weighted by molar-refractivity contribution is 5.84. The van der Waals surface area contributed by atoms with Crippen LogP contribution in [0.5, 0.6) is 17.2 Å². The lowest BCUT2D eigenvalue weighted by Gasteiger charge is -2.11. The topological polar surface area (TPSA) is 47.6 Å². The highest BCUT2D eigenvalue weighted by atomic mass is 16.5. The van der Waals surface area contributed by atoms with E-state index in [2.05, 4.69) is 29.6 Å². The smallest absolute Gasteiger partial charge is 0.216 e. The molecule has 0 unspecified atom stereocenters. The Morgan fingerprint density at radius 3 is 2.22 bits per heavy atom. The zero-order chi connectivity index (χ0) is 19.2. The molecule has 3 aromatic carbocycles. The summed E-state index contributed by atoms with van der Waals surface area (Å²) in [4.78, 5) is 11.0. The standard InChI is InChI=1S/C23H25NO3/c1-16(2)26-21-8-10-22(11-9-21)27-23-7-6-19-14-18(4-5-20(19)15-23)12-13-24-17(3)25/h4-11,14-16H,12-13H2,1-3H3,(H,24,25). The fourth-order valence-corrected chi connectivity index (χ4v) is 2.87. The maximum Gasteiger partial charge on any atom is 0.216 e. The molecule has 0 aliphatic rings. The quantitative estimate of drug-likeness (QED) is 0.635. The minimum Gasteiger partial charge on any atom is -0.491 e. The van der Waals surface area contributed by atoms with Gasteiger partial charge < -0.3 is 14.8 Å². The average Bonchev–Trinajstić information content (AvgIpc) is 2.63. The van der Waals surface area contributed by atoms with E-state index < -0.39 is 0 Å². The van der Waals surface area contributed by atoms with E-state index in [4.69, 9.17) is 9.47 Å². The molecule has 0 bridgehead atoms. The first-order valence-corrected chi connectivity index (χ1v) is 9.21. The van der Waals surface area contributed by atoms with Crippen molar-refractivity contribution in [1.29, 1.82) is 0 Å². The molecule has 1 amide bonds. The first-order chi connectivity index (χ1) is 13.0. The minimum absolute atomic E-state index is 0.00128. The average molecular weight is 363 g/mol. The molecule has 0 saturated heterocycles. The summed E-state index contributed by atoms with van der Waals surface area (Å²) in [6.07, 6.45) is 0.971. The van der Waals surface area contributed by atoms with E-state index in [0.717, 1.165) is 34.4 Å². The number of hydrogen-bond donors (Lipinski definition) is 1. The summed E-state index contributed by atoms with van der Waals surface area (Å²) in [5.74, 6) is 2.41. The minimum atomic E-state index is 0.00128. The van der Waals surface area contributed by atoms with Crippen LogP contribution in [0.25, 0.3) is 10.8 Å². The Labute approximate surface area is 160 Å². The summed E-state index contributed by atoms with van der Waals surface area (Å²) in [7, 11) is 0. The van der Waals surface area contributed by atoms with Crippen LogP contribution >= 0.6 is 0 Å². The fraction of sp³-hybridized carbons (Fsp3) is 0.261. The number of nitrogens with one attached hydrogen (secondary N) is 1. The zero-order valence-corrected chi connectivity index (χ0v) is 16.0. The van der Waals surface area contributed by atoms with Gasteiger partial charge in [-0.25, -0.2) is 0 Å². The zero-order valence-electron chi connectivity index (χ0n) is 16.0. The number of hydrogen-bond acceptors (Lipinski definition) is 3. The Balaban J connectivity index is 1.68. The molecule has 0 radical (unpaired) electrons. The Morgan fingerprint density at radius 2 is 1.52 bits per heavy atom. The van der Waals surface area contributed by atoms with Crippen LogP contribution in [0.2, 0.25) is 0 Å². The van der Waals surface area contributed by atoms with Crippen LogP contribution in [-0.2, 0) is 11.2 Å². The molecule has 1 N–H and O–H groups in total. The summed E-state index contributed by atoms with van der Waals surface area (Å²) < 4.78 is 11.6. The van der Waals surface area contributed by atoms with Crippen molar-refractivity contribution >= 4 is 16.7 Å². The number of ether oxygens (including phenoxy) is 2. The van der Waals surface area contributed by atoms with Gasteiger partial charge in [0, 0.05) is 13.5 Å². The third kappa shape index (κ3) is 5.48. The van der Waals surface area contributed by atoms with Crippen molar-refractivity contribution in [2.75, 3.05) is 6.54 Å². The summed E-state index contributed by atoms with van der Waals surface area (Å²) in [6.45, 7) is 6.20. The highest BCUT2D eigenvalue weighted by Crippen LogP contribution is 2.28. The van der Waals surface area contributed by atoms with Gasteiger partial charge >= 0.3 is 0 Å². The predicted octanol–water partition coefficient (Wildman–Crippen LogP) is 5.10. The number of fused-ring (bicyclic) bond motifs is 1. The maximum atomic E-state index is 11.0. The number of benzene rings is 3. The lowest BCUT2D eigenvalue weighted by atomic mass is 10.0. The highest BCUT2D eigenvalue weighted by Gasteiger charge is 2.03. The molecule has 0 spiro atoms. The Bertz CT molecular complexity index is 917. The molecule has 27 heavy (non-hydrogen) atoms. The predicted molar refractivity (Wildman–Crippen MR) is 109 cm³/mol. The fourth-order valence-electron chi connectivity index (χ4n) is 2.87. The molecule has 0 atom stereocenters. The van der Waals surface area contributed by atoms with E-state index in [-0.39, 0.29) is 12.0 Å². The van der Waals surface area contributed by atoms with Gasteiger partial charge in [-0.1, -0.05) is 24.3 Å². The number of carbonyl (C=O) groups excluding carboxylic acids is 1. The lowest BCUT2D eigenvalue weighted by molar-refractivity contribution is -0.118. The molecule has 0 aliphatic carbocycles. The number of carbonyl (C=O) groups is 1. The third-order valence-corrected chi connectivity index (χ3v) is 4.09. The van der Waals surface area contributed by atoms with Crippen LogP contribution in [0.4, 0.5) is 0 Å². The van der Waals surface area contributed by atoms with Crippen molar-refractivity contribution in [3.8, 4) is 17.2 Å². The van der Waals surface area contributed by atoms with Gasteiger partial charge in [0.25, 0.3) is 0 Å². The number of amides is 1. The van der Waals surface area contributed by atoms with E-state index in [1.54, 1.807) is 0 Å². The summed E-state index contributed by atoms with van der Waals surface area (Å²) in [5.41, 5.74) is 1.20.